The summed E-state index contributed by atoms with van der Waals surface area (Å²) in [5.41, 5.74) is 3.38. The molecule has 3 heteroatoms. The highest BCUT2D eigenvalue weighted by atomic mass is 16.1. The number of hydrogen-bond acceptors (Lipinski definition) is 2. The molecular weight excluding hydrogens is 224 g/mol. The lowest BCUT2D eigenvalue weighted by Gasteiger charge is -2.25. The molecule has 1 aromatic carbocycles. The lowest BCUT2D eigenvalue weighted by atomic mass is 9.83. The van der Waals surface area contributed by atoms with Crippen molar-refractivity contribution in [1.82, 2.24) is 10.6 Å². The van der Waals surface area contributed by atoms with Crippen LogP contribution in [0.2, 0.25) is 0 Å². The normalized spacial score (nSPS) is 18.2. The third-order valence-corrected chi connectivity index (χ3v) is 4.16. The standard InChI is InChI=1S/C15H20N2O/c18-15(17-7-6-11-2-1-3-11)12-4-5-13-9-16-10-14(13)8-12/h4-5,8,11,16H,1-3,6-7,9-10H2,(H,17,18). The molecule has 2 aliphatic rings. The van der Waals surface area contributed by atoms with E-state index in [1.54, 1.807) is 0 Å². The second-order valence-corrected chi connectivity index (χ2v) is 5.43. The van der Waals surface area contributed by atoms with E-state index in [0.29, 0.717) is 0 Å². The van der Waals surface area contributed by atoms with Crippen molar-refractivity contribution >= 4 is 5.91 Å². The van der Waals surface area contributed by atoms with Crippen molar-refractivity contribution in [2.45, 2.75) is 38.8 Å². The zero-order valence-electron chi connectivity index (χ0n) is 10.7. The number of carbonyl (C=O) groups is 1. The highest BCUT2D eigenvalue weighted by Crippen LogP contribution is 2.28. The van der Waals surface area contributed by atoms with Crippen LogP contribution < -0.4 is 10.6 Å². The molecule has 1 amide bonds. The van der Waals surface area contributed by atoms with Crippen LogP contribution in [-0.2, 0) is 13.1 Å². The van der Waals surface area contributed by atoms with Gasteiger partial charge in [0.1, 0.15) is 0 Å². The maximum atomic E-state index is 12.0. The molecule has 18 heavy (non-hydrogen) atoms. The van der Waals surface area contributed by atoms with Gasteiger partial charge in [0.25, 0.3) is 5.91 Å². The van der Waals surface area contributed by atoms with Gasteiger partial charge in [-0.15, -0.1) is 0 Å². The number of rotatable bonds is 4. The Morgan fingerprint density at radius 1 is 1.28 bits per heavy atom. The molecule has 3 nitrogen and oxygen atoms in total. The van der Waals surface area contributed by atoms with E-state index in [9.17, 15) is 4.79 Å². The molecule has 96 valence electrons. The lowest BCUT2D eigenvalue weighted by Crippen LogP contribution is -2.27. The lowest BCUT2D eigenvalue weighted by molar-refractivity contribution is 0.0949. The molecule has 1 saturated carbocycles. The minimum absolute atomic E-state index is 0.0732. The first kappa shape index (κ1) is 11.7. The van der Waals surface area contributed by atoms with Crippen molar-refractivity contribution in [3.63, 3.8) is 0 Å². The Morgan fingerprint density at radius 2 is 2.11 bits per heavy atom. The Labute approximate surface area is 108 Å². The van der Waals surface area contributed by atoms with Gasteiger partial charge in [0.15, 0.2) is 0 Å². The summed E-state index contributed by atoms with van der Waals surface area (Å²) in [5.74, 6) is 0.929. The molecule has 0 spiro atoms. The molecule has 0 unspecified atom stereocenters. The maximum Gasteiger partial charge on any atom is 0.251 e. The summed E-state index contributed by atoms with van der Waals surface area (Å²) in [6.07, 6.45) is 5.20. The first-order valence-corrected chi connectivity index (χ1v) is 6.93. The summed E-state index contributed by atoms with van der Waals surface area (Å²) in [5, 5.41) is 6.33. The van der Waals surface area contributed by atoms with Gasteiger partial charge in [-0.1, -0.05) is 25.3 Å². The van der Waals surface area contributed by atoms with E-state index in [-0.39, 0.29) is 5.91 Å². The highest BCUT2D eigenvalue weighted by Gasteiger charge is 2.17. The van der Waals surface area contributed by atoms with Crippen molar-refractivity contribution in [2.24, 2.45) is 5.92 Å². The monoisotopic (exact) mass is 244 g/mol. The van der Waals surface area contributed by atoms with E-state index in [1.807, 2.05) is 12.1 Å². The molecule has 1 aromatic rings. The fourth-order valence-electron chi connectivity index (χ4n) is 2.71. The van der Waals surface area contributed by atoms with Gasteiger partial charge in [-0.3, -0.25) is 4.79 Å². The van der Waals surface area contributed by atoms with Gasteiger partial charge in [0.05, 0.1) is 0 Å². The Kier molecular flexibility index (Phi) is 3.33. The second-order valence-electron chi connectivity index (χ2n) is 5.43. The van der Waals surface area contributed by atoms with Gasteiger partial charge in [-0.25, -0.2) is 0 Å². The van der Waals surface area contributed by atoms with Crippen LogP contribution in [0.25, 0.3) is 0 Å². The minimum atomic E-state index is 0.0732. The third kappa shape index (κ3) is 2.41. The first-order valence-electron chi connectivity index (χ1n) is 6.93. The van der Waals surface area contributed by atoms with Crippen LogP contribution in [0.5, 0.6) is 0 Å². The average molecular weight is 244 g/mol. The molecule has 0 atom stereocenters. The number of nitrogens with one attached hydrogen (secondary N) is 2. The van der Waals surface area contributed by atoms with Gasteiger partial charge < -0.3 is 10.6 Å². The molecular formula is C15H20N2O. The molecule has 0 bridgehead atoms. The van der Waals surface area contributed by atoms with Gasteiger partial charge in [0.2, 0.25) is 0 Å². The topological polar surface area (TPSA) is 41.1 Å². The van der Waals surface area contributed by atoms with Crippen LogP contribution >= 0.6 is 0 Å². The minimum Gasteiger partial charge on any atom is -0.352 e. The maximum absolute atomic E-state index is 12.0. The van der Waals surface area contributed by atoms with Crippen molar-refractivity contribution in [2.75, 3.05) is 6.54 Å². The van der Waals surface area contributed by atoms with Gasteiger partial charge in [-0.2, -0.15) is 0 Å². The third-order valence-electron chi connectivity index (χ3n) is 4.16. The predicted molar refractivity (Wildman–Crippen MR) is 71.3 cm³/mol. The Balaban J connectivity index is 1.54. The zero-order valence-corrected chi connectivity index (χ0v) is 10.7. The van der Waals surface area contributed by atoms with Crippen LogP contribution in [0.3, 0.4) is 0 Å². The average Bonchev–Trinajstić information content (AvgIpc) is 2.79. The molecule has 0 saturated heterocycles. The number of benzene rings is 1. The molecule has 0 radical (unpaired) electrons. The number of hydrogen-bond donors (Lipinski definition) is 2. The number of carbonyl (C=O) groups excluding carboxylic acids is 1. The predicted octanol–water partition coefficient (Wildman–Crippen LogP) is 2.21. The van der Waals surface area contributed by atoms with Crippen LogP contribution in [-0.4, -0.2) is 12.5 Å². The summed E-state index contributed by atoms with van der Waals surface area (Å²) < 4.78 is 0. The Hall–Kier alpha value is -1.35. The second kappa shape index (κ2) is 5.11. The fraction of sp³-hybridized carbons (Fsp3) is 0.533. The van der Waals surface area contributed by atoms with E-state index in [4.69, 9.17) is 0 Å². The molecule has 1 aliphatic heterocycles. The smallest absolute Gasteiger partial charge is 0.251 e. The van der Waals surface area contributed by atoms with Crippen molar-refractivity contribution < 1.29 is 4.79 Å². The van der Waals surface area contributed by atoms with E-state index < -0.39 is 0 Å². The number of fused-ring (bicyclic) bond motifs is 1. The molecule has 2 N–H and O–H groups in total. The largest absolute Gasteiger partial charge is 0.352 e. The van der Waals surface area contributed by atoms with Crippen molar-refractivity contribution in [1.29, 1.82) is 0 Å². The van der Waals surface area contributed by atoms with Gasteiger partial charge in [0, 0.05) is 25.2 Å². The van der Waals surface area contributed by atoms with E-state index in [1.165, 1.54) is 30.4 Å². The quantitative estimate of drug-likeness (QED) is 0.852. The van der Waals surface area contributed by atoms with Crippen LogP contribution in [0.1, 0.15) is 47.2 Å². The van der Waals surface area contributed by atoms with Crippen LogP contribution in [0, 0.1) is 5.92 Å². The van der Waals surface area contributed by atoms with E-state index >= 15 is 0 Å². The molecule has 0 aromatic heterocycles. The molecule has 1 aliphatic carbocycles. The SMILES string of the molecule is O=C(NCCC1CCC1)c1ccc2c(c1)CNC2. The Morgan fingerprint density at radius 3 is 2.89 bits per heavy atom. The van der Waals surface area contributed by atoms with Crippen LogP contribution in [0.4, 0.5) is 0 Å². The summed E-state index contributed by atoms with van der Waals surface area (Å²) >= 11 is 0. The van der Waals surface area contributed by atoms with Gasteiger partial charge >= 0.3 is 0 Å². The highest BCUT2D eigenvalue weighted by molar-refractivity contribution is 5.94. The van der Waals surface area contributed by atoms with Gasteiger partial charge in [-0.05, 0) is 35.6 Å². The summed E-state index contributed by atoms with van der Waals surface area (Å²) in [4.78, 5) is 12.0. The summed E-state index contributed by atoms with van der Waals surface area (Å²) in [7, 11) is 0. The summed E-state index contributed by atoms with van der Waals surface area (Å²) in [6.45, 7) is 2.64. The number of amides is 1. The van der Waals surface area contributed by atoms with E-state index in [2.05, 4.69) is 16.7 Å². The molecule has 1 fully saturated rings. The van der Waals surface area contributed by atoms with Crippen molar-refractivity contribution in [3.8, 4) is 0 Å². The molecule has 3 rings (SSSR count). The van der Waals surface area contributed by atoms with E-state index in [0.717, 1.165) is 37.5 Å². The summed E-state index contributed by atoms with van der Waals surface area (Å²) in [6, 6.07) is 6.02. The first-order chi connectivity index (χ1) is 8.83. The fourth-order valence-corrected chi connectivity index (χ4v) is 2.71. The zero-order chi connectivity index (χ0) is 12.4. The Bertz CT molecular complexity index is 452. The van der Waals surface area contributed by atoms with Crippen LogP contribution in [0.15, 0.2) is 18.2 Å². The molecule has 1 heterocycles. The van der Waals surface area contributed by atoms with Crippen molar-refractivity contribution in [3.05, 3.63) is 34.9 Å².